The molecule has 114 heavy (non-hydrogen) atoms. The number of benzene rings is 9. The van der Waals surface area contributed by atoms with E-state index >= 15 is 19.2 Å². The van der Waals surface area contributed by atoms with Crippen LogP contribution in [0.4, 0.5) is 0 Å². The van der Waals surface area contributed by atoms with Gasteiger partial charge < -0.3 is 71.1 Å². The maximum atomic E-state index is 16.0. The molecule has 0 aliphatic carbocycles. The second-order valence-electron chi connectivity index (χ2n) is 29.6. The van der Waals surface area contributed by atoms with Crippen molar-refractivity contribution in [3.63, 3.8) is 0 Å². The summed E-state index contributed by atoms with van der Waals surface area (Å²) in [5, 5.41) is 0. The molecule has 6 heterocycles. The molecule has 4 saturated heterocycles. The number of esters is 1. The normalized spacial score (nSPS) is 26.6. The van der Waals surface area contributed by atoms with E-state index in [9.17, 15) is 4.79 Å². The molecule has 4 fully saturated rings. The summed E-state index contributed by atoms with van der Waals surface area (Å²) >= 11 is 3.60. The van der Waals surface area contributed by atoms with Crippen LogP contribution in [0.5, 0.6) is 11.5 Å². The molecule has 22 nitrogen and oxygen atoms in total. The fourth-order valence-corrected chi connectivity index (χ4v) is 16.3. The molecule has 9 aromatic rings. The first-order chi connectivity index (χ1) is 55.5. The Morgan fingerprint density at radius 3 is 1.39 bits per heavy atom. The molecule has 6 aliphatic heterocycles. The first-order valence-electron chi connectivity index (χ1n) is 38.1. The van der Waals surface area contributed by atoms with Gasteiger partial charge in [-0.3, -0.25) is 33.8 Å². The summed E-state index contributed by atoms with van der Waals surface area (Å²) in [7, 11) is 1.54. The molecular formula is C90H89IN2O20S. The van der Waals surface area contributed by atoms with Gasteiger partial charge in [0.05, 0.1) is 85.0 Å². The second-order valence-corrected chi connectivity index (χ2v) is 32.7. The van der Waals surface area contributed by atoms with Gasteiger partial charge in [-0.1, -0.05) is 228 Å². The van der Waals surface area contributed by atoms with Gasteiger partial charge in [-0.05, 0) is 111 Å². The Balaban J connectivity index is 0.890. The maximum Gasteiger partial charge on any atom is 0.311 e. The van der Waals surface area contributed by atoms with Crippen molar-refractivity contribution in [1.29, 1.82) is 0 Å². The van der Waals surface area contributed by atoms with E-state index in [0.717, 1.165) is 31.4 Å². The van der Waals surface area contributed by atoms with Crippen LogP contribution in [0.2, 0.25) is 0 Å². The van der Waals surface area contributed by atoms with E-state index in [1.165, 1.54) is 11.8 Å². The standard InChI is InChI=1S/C90H89IN2O20S/c1-55(91)84(112-79-78(113-89(98)90(2,3)4)75-70(108-88(79)114-63-38-22-11-23-39-63)54-104-85(110-75)60-36-20-10-21-37-60)109-73-68(52-100-48-56-28-12-6-13-29-56)107-87(72(77(73)103-51-59-34-18-9-19-35-59)93-82(96)66-42-26-27-43-67(66)83(93)97)111-74-69(53-101-49-57-30-14-7-15-31-57)106-86(105-62-46-44-61(99-5)45-47-62)71(76(74)102-50-58-32-16-8-17-33-58)92-80(94)64-40-24-25-41-65(64)81(92)95/h6-47,55,68-79,84-88H,48-54H2,1-5H3/t55?,68-,69-,70-,71-,72-,73-,74-,75-,76-,77-,78+,79+,84?,85-,86-,87+,88-/m1/s1. The summed E-state index contributed by atoms with van der Waals surface area (Å²) in [5.74, 6) is -2.47. The van der Waals surface area contributed by atoms with Crippen molar-refractivity contribution in [1.82, 2.24) is 9.80 Å². The van der Waals surface area contributed by atoms with E-state index in [2.05, 4.69) is 22.6 Å². The van der Waals surface area contributed by atoms with Gasteiger partial charge in [-0.15, -0.1) is 0 Å². The topological polar surface area (TPSA) is 230 Å². The lowest BCUT2D eigenvalue weighted by Crippen LogP contribution is -2.71. The Labute approximate surface area is 679 Å². The van der Waals surface area contributed by atoms with Crippen LogP contribution >= 0.6 is 34.4 Å². The lowest BCUT2D eigenvalue weighted by Gasteiger charge is -2.53. The number of halogens is 1. The predicted molar refractivity (Wildman–Crippen MR) is 427 cm³/mol. The highest BCUT2D eigenvalue weighted by Crippen LogP contribution is 2.46. The number of nitrogens with zero attached hydrogens (tertiary/aromatic N) is 2. The van der Waals surface area contributed by atoms with E-state index < -0.39 is 143 Å². The molecule has 0 spiro atoms. The monoisotopic (exact) mass is 1680 g/mol. The van der Waals surface area contributed by atoms with Crippen molar-refractivity contribution in [2.24, 2.45) is 5.41 Å². The molecule has 6 aliphatic rings. The van der Waals surface area contributed by atoms with Crippen LogP contribution in [-0.4, -0.2) is 168 Å². The molecule has 0 aromatic heterocycles. The Bertz CT molecular complexity index is 4640. The molecule has 2 unspecified atom stereocenters. The summed E-state index contributed by atoms with van der Waals surface area (Å²) in [6.07, 6.45) is -18.0. The summed E-state index contributed by atoms with van der Waals surface area (Å²) in [5.41, 5.74) is 2.29. The number of carbonyl (C=O) groups is 5. The molecule has 0 saturated carbocycles. The molecular weight excluding hydrogens is 1590 g/mol. The number of thioether (sulfide) groups is 1. The summed E-state index contributed by atoms with van der Waals surface area (Å²) < 4.78 is 106. The predicted octanol–water partition coefficient (Wildman–Crippen LogP) is 14.4. The van der Waals surface area contributed by atoms with Gasteiger partial charge in [-0.2, -0.15) is 0 Å². The van der Waals surface area contributed by atoms with Crippen molar-refractivity contribution in [3.05, 3.63) is 305 Å². The zero-order valence-electron chi connectivity index (χ0n) is 63.4. The van der Waals surface area contributed by atoms with Crippen molar-refractivity contribution >= 4 is 64.0 Å². The highest BCUT2D eigenvalue weighted by molar-refractivity contribution is 14.1. The smallest absolute Gasteiger partial charge is 0.311 e. The Kier molecular flexibility index (Phi) is 25.9. The fourth-order valence-electron chi connectivity index (χ4n) is 14.9. The summed E-state index contributed by atoms with van der Waals surface area (Å²) in [6, 6.07) is 73.6. The largest absolute Gasteiger partial charge is 0.497 e. The number of carbonyl (C=O) groups excluding carboxylic acids is 5. The average molecular weight is 1680 g/mol. The van der Waals surface area contributed by atoms with E-state index in [-0.39, 0.29) is 74.3 Å². The van der Waals surface area contributed by atoms with Crippen LogP contribution in [-0.2, 0) is 92.8 Å². The van der Waals surface area contributed by atoms with Gasteiger partial charge in [0, 0.05) is 10.5 Å². The minimum absolute atomic E-state index is 0.0672. The van der Waals surface area contributed by atoms with E-state index in [0.29, 0.717) is 16.9 Å². The van der Waals surface area contributed by atoms with Crippen LogP contribution < -0.4 is 9.47 Å². The summed E-state index contributed by atoms with van der Waals surface area (Å²) in [4.78, 5) is 80.7. The Hall–Kier alpha value is -9.07. The number of hydrogen-bond donors (Lipinski definition) is 0. The number of hydrogen-bond acceptors (Lipinski definition) is 21. The molecule has 18 atom stereocenters. The van der Waals surface area contributed by atoms with Gasteiger partial charge in [0.15, 0.2) is 25.0 Å². The highest BCUT2D eigenvalue weighted by Gasteiger charge is 2.62. The molecule has 0 radical (unpaired) electrons. The number of alkyl halides is 1. The van der Waals surface area contributed by atoms with Crippen LogP contribution in [0.1, 0.15) is 103 Å². The second kappa shape index (κ2) is 36.8. The summed E-state index contributed by atoms with van der Waals surface area (Å²) in [6.45, 7) is 6.65. The van der Waals surface area contributed by atoms with Crippen molar-refractivity contribution in [2.75, 3.05) is 26.9 Å². The molecule has 24 heteroatoms. The number of ether oxygens (including phenoxy) is 15. The lowest BCUT2D eigenvalue weighted by molar-refractivity contribution is -0.363. The van der Waals surface area contributed by atoms with Crippen molar-refractivity contribution < 1.29 is 95.0 Å². The number of amides is 4. The number of methoxy groups -OCH3 is 1. The SMILES string of the molecule is COc1ccc(O[C@@H]2O[C@H](COCc3ccccc3)[C@@H](O[C@@H]3O[C@H](COCc4ccccc4)[C@@H](OC(O[C@H]4[C@@H](OC(=O)C(C)(C)C)[C@@H]5O[C@H](c6ccccc6)OC[C@H]5O[C@@H]4Sc4ccccc4)C(C)I)[C@H](OCc4ccccc4)[C@H]3N3C(=O)c4ccccc4C3=O)[C@H](OCc3ccccc3)[C@H]2N2C(=O)c3ccccc3C2=O)cc1. The van der Waals surface area contributed by atoms with Gasteiger partial charge in [0.1, 0.15) is 84.0 Å². The van der Waals surface area contributed by atoms with Gasteiger partial charge >= 0.3 is 5.97 Å². The number of fused-ring (bicyclic) bond motifs is 3. The third kappa shape index (κ3) is 18.3. The quantitative estimate of drug-likeness (QED) is 0.0134. The average Bonchev–Trinajstić information content (AvgIpc) is 1.52. The van der Waals surface area contributed by atoms with Crippen LogP contribution in [0.15, 0.2) is 260 Å². The molecule has 15 rings (SSSR count). The molecule has 0 N–H and O–H groups in total. The van der Waals surface area contributed by atoms with Crippen molar-refractivity contribution in [2.45, 2.75) is 167 Å². The zero-order valence-corrected chi connectivity index (χ0v) is 66.4. The first kappa shape index (κ1) is 80.1. The molecule has 4 amide bonds. The fraction of sp³-hybridized carbons (Fsp3) is 0.344. The Morgan fingerprint density at radius 2 is 0.904 bits per heavy atom. The maximum absolute atomic E-state index is 16.0. The third-order valence-corrected chi connectivity index (χ3v) is 22.3. The van der Waals surface area contributed by atoms with Crippen molar-refractivity contribution in [3.8, 4) is 11.5 Å². The van der Waals surface area contributed by atoms with Gasteiger partial charge in [-0.25, -0.2) is 0 Å². The van der Waals surface area contributed by atoms with Crippen LogP contribution in [0.3, 0.4) is 0 Å². The third-order valence-electron chi connectivity index (χ3n) is 20.6. The van der Waals surface area contributed by atoms with E-state index in [1.807, 2.05) is 189 Å². The molecule has 9 aromatic carbocycles. The first-order valence-corrected chi connectivity index (χ1v) is 40.3. The number of imide groups is 2. The zero-order chi connectivity index (χ0) is 78.8. The van der Waals surface area contributed by atoms with E-state index in [4.69, 9.17) is 71.1 Å². The van der Waals surface area contributed by atoms with Gasteiger partial charge in [0.2, 0.25) is 6.29 Å². The van der Waals surface area contributed by atoms with Crippen LogP contribution in [0, 0.1) is 5.41 Å². The van der Waals surface area contributed by atoms with Gasteiger partial charge in [0.25, 0.3) is 23.6 Å². The Morgan fingerprint density at radius 1 is 0.482 bits per heavy atom. The number of rotatable bonds is 30. The minimum atomic E-state index is -1.79. The highest BCUT2D eigenvalue weighted by atomic mass is 127. The molecule has 592 valence electrons. The van der Waals surface area contributed by atoms with E-state index in [1.54, 1.807) is 101 Å². The molecule has 0 bridgehead atoms. The lowest BCUT2D eigenvalue weighted by atomic mass is 9.92. The minimum Gasteiger partial charge on any atom is -0.497 e. The van der Waals surface area contributed by atoms with Crippen LogP contribution in [0.25, 0.3) is 0 Å².